The van der Waals surface area contributed by atoms with Crippen molar-refractivity contribution < 1.29 is 4.74 Å². The van der Waals surface area contributed by atoms with Crippen molar-refractivity contribution >= 4 is 0 Å². The summed E-state index contributed by atoms with van der Waals surface area (Å²) >= 11 is 0. The Morgan fingerprint density at radius 2 is 2.24 bits per heavy atom. The van der Waals surface area contributed by atoms with Crippen molar-refractivity contribution in [2.24, 2.45) is 7.05 Å². The standard InChI is InChI=1S/C17H19N3O/c1-12-13(9-14(10-18)20(12)2)11-19-16-7-8-21-17-6-4-3-5-15(16)17/h3-6,9,16,19H,7-8,11H2,1-2H3. The van der Waals surface area contributed by atoms with E-state index in [0.29, 0.717) is 11.7 Å². The second-order valence-electron chi connectivity index (χ2n) is 5.42. The first kappa shape index (κ1) is 13.7. The molecule has 0 bridgehead atoms. The van der Waals surface area contributed by atoms with Crippen molar-refractivity contribution in [3.8, 4) is 11.8 Å². The van der Waals surface area contributed by atoms with Crippen LogP contribution in [-0.2, 0) is 13.6 Å². The molecule has 0 amide bonds. The Hall–Kier alpha value is -2.25. The first-order valence-electron chi connectivity index (χ1n) is 7.21. The molecule has 1 N–H and O–H groups in total. The molecule has 1 atom stereocenters. The largest absolute Gasteiger partial charge is 0.493 e. The molecule has 4 nitrogen and oxygen atoms in total. The first-order chi connectivity index (χ1) is 10.2. The molecule has 0 spiro atoms. The summed E-state index contributed by atoms with van der Waals surface area (Å²) in [5.41, 5.74) is 4.24. The van der Waals surface area contributed by atoms with Crippen molar-refractivity contribution in [3.63, 3.8) is 0 Å². The number of hydrogen-bond acceptors (Lipinski definition) is 3. The number of rotatable bonds is 3. The van der Waals surface area contributed by atoms with Crippen LogP contribution in [0.4, 0.5) is 0 Å². The van der Waals surface area contributed by atoms with Gasteiger partial charge in [-0.3, -0.25) is 0 Å². The van der Waals surface area contributed by atoms with Gasteiger partial charge in [-0.15, -0.1) is 0 Å². The maximum Gasteiger partial charge on any atom is 0.124 e. The molecule has 108 valence electrons. The van der Waals surface area contributed by atoms with Gasteiger partial charge in [0.1, 0.15) is 17.5 Å². The zero-order chi connectivity index (χ0) is 14.8. The zero-order valence-corrected chi connectivity index (χ0v) is 12.4. The third kappa shape index (κ3) is 2.53. The third-order valence-electron chi connectivity index (χ3n) is 4.25. The number of aromatic nitrogens is 1. The van der Waals surface area contributed by atoms with Gasteiger partial charge in [0.05, 0.1) is 6.61 Å². The first-order valence-corrected chi connectivity index (χ1v) is 7.21. The van der Waals surface area contributed by atoms with Crippen molar-refractivity contribution in [2.75, 3.05) is 6.61 Å². The lowest BCUT2D eigenvalue weighted by Crippen LogP contribution is -2.26. The number of para-hydroxylation sites is 1. The average Bonchev–Trinajstić information content (AvgIpc) is 2.80. The van der Waals surface area contributed by atoms with Crippen LogP contribution < -0.4 is 10.1 Å². The van der Waals surface area contributed by atoms with Gasteiger partial charge in [0.2, 0.25) is 0 Å². The van der Waals surface area contributed by atoms with E-state index in [-0.39, 0.29) is 0 Å². The Bertz CT molecular complexity index is 697. The SMILES string of the molecule is Cc1c(CNC2CCOc3ccccc32)cc(C#N)n1C. The predicted molar refractivity (Wildman–Crippen MR) is 81.0 cm³/mol. The van der Waals surface area contributed by atoms with Crippen LogP contribution in [0.25, 0.3) is 0 Å². The molecule has 0 saturated heterocycles. The molecule has 0 saturated carbocycles. The van der Waals surface area contributed by atoms with Crippen LogP contribution in [0, 0.1) is 18.3 Å². The average molecular weight is 281 g/mol. The summed E-state index contributed by atoms with van der Waals surface area (Å²) in [6, 6.07) is 12.7. The lowest BCUT2D eigenvalue weighted by Gasteiger charge is -2.26. The quantitative estimate of drug-likeness (QED) is 0.941. The minimum Gasteiger partial charge on any atom is -0.493 e. The summed E-state index contributed by atoms with van der Waals surface area (Å²) in [6.07, 6.45) is 0.966. The Labute approximate surface area is 125 Å². The van der Waals surface area contributed by atoms with Gasteiger partial charge in [0, 0.05) is 37.3 Å². The molecular formula is C17H19N3O. The number of nitriles is 1. The Balaban J connectivity index is 1.76. The summed E-state index contributed by atoms with van der Waals surface area (Å²) in [4.78, 5) is 0. The number of nitrogens with one attached hydrogen (secondary N) is 1. The molecule has 2 heterocycles. The lowest BCUT2D eigenvalue weighted by molar-refractivity contribution is 0.252. The smallest absolute Gasteiger partial charge is 0.124 e. The van der Waals surface area contributed by atoms with Gasteiger partial charge in [0.25, 0.3) is 0 Å². The molecule has 4 heteroatoms. The van der Waals surface area contributed by atoms with Crippen molar-refractivity contribution in [2.45, 2.75) is 25.9 Å². The third-order valence-corrected chi connectivity index (χ3v) is 4.25. The van der Waals surface area contributed by atoms with Crippen LogP contribution in [0.1, 0.15) is 35.0 Å². The van der Waals surface area contributed by atoms with E-state index in [9.17, 15) is 0 Å². The summed E-state index contributed by atoms with van der Waals surface area (Å²) < 4.78 is 7.62. The fourth-order valence-electron chi connectivity index (χ4n) is 2.84. The highest BCUT2D eigenvalue weighted by Gasteiger charge is 2.21. The van der Waals surface area contributed by atoms with Crippen LogP contribution in [-0.4, -0.2) is 11.2 Å². The highest BCUT2D eigenvalue weighted by Crippen LogP contribution is 2.31. The number of ether oxygens (including phenoxy) is 1. The number of nitrogens with zero attached hydrogens (tertiary/aromatic N) is 2. The lowest BCUT2D eigenvalue weighted by atomic mass is 10.0. The van der Waals surface area contributed by atoms with E-state index >= 15 is 0 Å². The van der Waals surface area contributed by atoms with Gasteiger partial charge in [0.15, 0.2) is 0 Å². The van der Waals surface area contributed by atoms with E-state index < -0.39 is 0 Å². The molecule has 3 rings (SSSR count). The van der Waals surface area contributed by atoms with Crippen LogP contribution in [0.5, 0.6) is 5.75 Å². The van der Waals surface area contributed by atoms with Gasteiger partial charge in [-0.25, -0.2) is 0 Å². The highest BCUT2D eigenvalue weighted by molar-refractivity contribution is 5.38. The van der Waals surface area contributed by atoms with E-state index in [0.717, 1.165) is 31.0 Å². The molecule has 1 aromatic heterocycles. The fourth-order valence-corrected chi connectivity index (χ4v) is 2.84. The van der Waals surface area contributed by atoms with Gasteiger partial charge >= 0.3 is 0 Å². The minimum absolute atomic E-state index is 0.306. The second-order valence-corrected chi connectivity index (χ2v) is 5.42. The van der Waals surface area contributed by atoms with E-state index in [4.69, 9.17) is 10.00 Å². The van der Waals surface area contributed by atoms with E-state index in [1.807, 2.05) is 35.9 Å². The summed E-state index contributed by atoms with van der Waals surface area (Å²) in [6.45, 7) is 3.56. The summed E-state index contributed by atoms with van der Waals surface area (Å²) in [5.74, 6) is 0.976. The van der Waals surface area contributed by atoms with Gasteiger partial charge in [-0.1, -0.05) is 18.2 Å². The number of benzene rings is 1. The molecule has 1 unspecified atom stereocenters. The maximum atomic E-state index is 9.10. The molecule has 1 aliphatic heterocycles. The van der Waals surface area contributed by atoms with Crippen molar-refractivity contribution in [3.05, 3.63) is 52.8 Å². The zero-order valence-electron chi connectivity index (χ0n) is 12.4. The monoisotopic (exact) mass is 281 g/mol. The predicted octanol–water partition coefficient (Wildman–Crippen LogP) is 2.82. The normalized spacial score (nSPS) is 16.9. The Kier molecular flexibility index (Phi) is 3.68. The highest BCUT2D eigenvalue weighted by atomic mass is 16.5. The van der Waals surface area contributed by atoms with Crippen molar-refractivity contribution in [1.29, 1.82) is 5.26 Å². The number of hydrogen-bond donors (Lipinski definition) is 1. The second kappa shape index (κ2) is 5.63. The molecule has 0 fully saturated rings. The molecule has 1 aromatic carbocycles. The van der Waals surface area contributed by atoms with Crippen LogP contribution in [0.3, 0.4) is 0 Å². The van der Waals surface area contributed by atoms with Crippen LogP contribution in [0.15, 0.2) is 30.3 Å². The summed E-state index contributed by atoms with van der Waals surface area (Å²) in [7, 11) is 1.93. The molecule has 0 aliphatic carbocycles. The van der Waals surface area contributed by atoms with E-state index in [2.05, 4.69) is 24.4 Å². The molecule has 2 aromatic rings. The molecule has 21 heavy (non-hydrogen) atoms. The molecular weight excluding hydrogens is 262 g/mol. The number of fused-ring (bicyclic) bond motifs is 1. The minimum atomic E-state index is 0.306. The van der Waals surface area contributed by atoms with Gasteiger partial charge in [-0.05, 0) is 24.6 Å². The van der Waals surface area contributed by atoms with E-state index in [1.165, 1.54) is 11.1 Å². The van der Waals surface area contributed by atoms with Gasteiger partial charge in [-0.2, -0.15) is 5.26 Å². The summed E-state index contributed by atoms with van der Waals surface area (Å²) in [5, 5.41) is 12.7. The maximum absolute atomic E-state index is 9.10. The van der Waals surface area contributed by atoms with Gasteiger partial charge < -0.3 is 14.6 Å². The van der Waals surface area contributed by atoms with Crippen molar-refractivity contribution in [1.82, 2.24) is 9.88 Å². The molecule has 1 aliphatic rings. The topological polar surface area (TPSA) is 50.0 Å². The van der Waals surface area contributed by atoms with E-state index in [1.54, 1.807) is 0 Å². The fraction of sp³-hybridized carbons (Fsp3) is 0.353. The Morgan fingerprint density at radius 1 is 1.43 bits per heavy atom. The van der Waals surface area contributed by atoms with Crippen LogP contribution in [0.2, 0.25) is 0 Å². The Morgan fingerprint density at radius 3 is 3.00 bits per heavy atom. The molecule has 0 radical (unpaired) electrons. The van der Waals surface area contributed by atoms with Crippen LogP contribution >= 0.6 is 0 Å².